The van der Waals surface area contributed by atoms with Crippen molar-refractivity contribution in [1.82, 2.24) is 4.90 Å². The molecule has 1 aliphatic heterocycles. The number of carbonyl (C=O) groups excluding carboxylic acids is 2. The van der Waals surface area contributed by atoms with Gasteiger partial charge in [0.2, 0.25) is 0 Å². The zero-order valence-corrected chi connectivity index (χ0v) is 18.4. The third-order valence-electron chi connectivity index (χ3n) is 4.83. The van der Waals surface area contributed by atoms with Crippen LogP contribution in [0.5, 0.6) is 0 Å². The van der Waals surface area contributed by atoms with Gasteiger partial charge in [-0.1, -0.05) is 66.4 Å². The van der Waals surface area contributed by atoms with E-state index in [1.807, 2.05) is 36.4 Å². The van der Waals surface area contributed by atoms with Gasteiger partial charge in [-0.2, -0.15) is 0 Å². The first-order chi connectivity index (χ1) is 15.0. The van der Waals surface area contributed by atoms with Crippen molar-refractivity contribution in [2.24, 2.45) is 0 Å². The number of hydrogen-bond donors (Lipinski definition) is 0. The predicted octanol–water partition coefficient (Wildman–Crippen LogP) is 5.18. The van der Waals surface area contributed by atoms with Gasteiger partial charge < -0.3 is 9.15 Å². The summed E-state index contributed by atoms with van der Waals surface area (Å²) >= 11 is 6.69. The van der Waals surface area contributed by atoms with Gasteiger partial charge >= 0.3 is 5.97 Å². The summed E-state index contributed by atoms with van der Waals surface area (Å²) < 4.78 is 11.2. The smallest absolute Gasteiger partial charge is 0.337 e. The number of thioether (sulfide) groups is 1. The Hall–Kier alpha value is -3.16. The Balaban J connectivity index is 1.45. The molecule has 31 heavy (non-hydrogen) atoms. The average molecular weight is 450 g/mol. The molecule has 1 amide bonds. The molecule has 2 heterocycles. The topological polar surface area (TPSA) is 59.8 Å². The van der Waals surface area contributed by atoms with Gasteiger partial charge in [0.15, 0.2) is 0 Å². The number of benzene rings is 2. The van der Waals surface area contributed by atoms with Gasteiger partial charge in [-0.25, -0.2) is 4.79 Å². The number of methoxy groups -OCH3 is 1. The molecule has 2 aromatic carbocycles. The van der Waals surface area contributed by atoms with Crippen LogP contribution >= 0.6 is 24.0 Å². The molecular weight excluding hydrogens is 430 g/mol. The first kappa shape index (κ1) is 21.1. The van der Waals surface area contributed by atoms with Crippen molar-refractivity contribution >= 4 is 46.3 Å². The number of furan rings is 1. The SMILES string of the molecule is COC(=O)c1ccc(-c2ccc(C=C3SC(=S)N(CCc4ccccc4)C3=O)o2)cc1. The van der Waals surface area contributed by atoms with Crippen molar-refractivity contribution in [2.75, 3.05) is 13.7 Å². The maximum Gasteiger partial charge on any atom is 0.337 e. The summed E-state index contributed by atoms with van der Waals surface area (Å²) in [5.41, 5.74) is 2.45. The summed E-state index contributed by atoms with van der Waals surface area (Å²) in [4.78, 5) is 26.6. The number of thiocarbonyl (C=S) groups is 1. The molecule has 0 radical (unpaired) electrons. The normalized spacial score (nSPS) is 15.0. The largest absolute Gasteiger partial charge is 0.465 e. The first-order valence-electron chi connectivity index (χ1n) is 9.63. The molecule has 0 N–H and O–H groups in total. The fourth-order valence-corrected chi connectivity index (χ4v) is 4.47. The number of ether oxygens (including phenoxy) is 1. The van der Waals surface area contributed by atoms with Gasteiger partial charge in [0.1, 0.15) is 15.8 Å². The Morgan fingerprint density at radius 3 is 2.55 bits per heavy atom. The quantitative estimate of drug-likeness (QED) is 0.294. The molecule has 3 aromatic rings. The van der Waals surface area contributed by atoms with Gasteiger partial charge in [-0.05, 0) is 36.2 Å². The number of nitrogens with zero attached hydrogens (tertiary/aromatic N) is 1. The van der Waals surface area contributed by atoms with E-state index in [9.17, 15) is 9.59 Å². The lowest BCUT2D eigenvalue weighted by Crippen LogP contribution is -2.30. The molecule has 0 spiro atoms. The van der Waals surface area contributed by atoms with Crippen LogP contribution in [0.3, 0.4) is 0 Å². The summed E-state index contributed by atoms with van der Waals surface area (Å²) in [5, 5.41) is 0. The summed E-state index contributed by atoms with van der Waals surface area (Å²) in [5.74, 6) is 0.713. The fourth-order valence-electron chi connectivity index (χ4n) is 3.18. The fraction of sp³-hybridized carbons (Fsp3) is 0.125. The predicted molar refractivity (Wildman–Crippen MR) is 126 cm³/mol. The van der Waals surface area contributed by atoms with E-state index < -0.39 is 0 Å². The number of rotatable bonds is 6. The molecule has 156 valence electrons. The second kappa shape index (κ2) is 9.32. The molecule has 5 nitrogen and oxygen atoms in total. The van der Waals surface area contributed by atoms with Crippen LogP contribution in [0.1, 0.15) is 21.7 Å². The van der Waals surface area contributed by atoms with Crippen LogP contribution in [0.15, 0.2) is 76.1 Å². The van der Waals surface area contributed by atoms with E-state index in [2.05, 4.69) is 0 Å². The van der Waals surface area contributed by atoms with E-state index >= 15 is 0 Å². The number of amides is 1. The second-order valence-electron chi connectivity index (χ2n) is 6.84. The molecule has 0 bridgehead atoms. The van der Waals surface area contributed by atoms with E-state index in [-0.39, 0.29) is 11.9 Å². The monoisotopic (exact) mass is 449 g/mol. The Morgan fingerprint density at radius 2 is 1.84 bits per heavy atom. The minimum Gasteiger partial charge on any atom is -0.465 e. The minimum absolute atomic E-state index is 0.105. The molecule has 1 aliphatic rings. The summed E-state index contributed by atoms with van der Waals surface area (Å²) in [6, 6.07) is 20.6. The number of carbonyl (C=O) groups is 2. The second-order valence-corrected chi connectivity index (χ2v) is 8.52. The van der Waals surface area contributed by atoms with E-state index in [0.717, 1.165) is 17.5 Å². The molecule has 0 unspecified atom stereocenters. The van der Waals surface area contributed by atoms with Crippen LogP contribution in [0.4, 0.5) is 0 Å². The van der Waals surface area contributed by atoms with Crippen LogP contribution in [0.25, 0.3) is 17.4 Å². The van der Waals surface area contributed by atoms with Crippen molar-refractivity contribution in [3.63, 3.8) is 0 Å². The van der Waals surface area contributed by atoms with E-state index in [0.29, 0.717) is 32.9 Å². The maximum atomic E-state index is 12.8. The Labute approximate surface area is 189 Å². The Morgan fingerprint density at radius 1 is 1.10 bits per heavy atom. The highest BCUT2D eigenvalue weighted by Gasteiger charge is 2.31. The third-order valence-corrected chi connectivity index (χ3v) is 6.21. The zero-order chi connectivity index (χ0) is 21.8. The van der Waals surface area contributed by atoms with Crippen LogP contribution < -0.4 is 0 Å². The highest BCUT2D eigenvalue weighted by Crippen LogP contribution is 2.33. The van der Waals surface area contributed by atoms with Gasteiger partial charge in [0.05, 0.1) is 17.6 Å². The Bertz CT molecular complexity index is 1150. The average Bonchev–Trinajstić information content (AvgIpc) is 3.37. The molecular formula is C24H19NO4S2. The van der Waals surface area contributed by atoms with Crippen LogP contribution in [-0.2, 0) is 16.0 Å². The molecule has 4 rings (SSSR count). The highest BCUT2D eigenvalue weighted by atomic mass is 32.2. The lowest BCUT2D eigenvalue weighted by atomic mass is 10.1. The molecule has 0 atom stereocenters. The van der Waals surface area contributed by atoms with Gasteiger partial charge in [-0.3, -0.25) is 9.69 Å². The van der Waals surface area contributed by atoms with Crippen LogP contribution in [-0.4, -0.2) is 34.8 Å². The van der Waals surface area contributed by atoms with Crippen molar-refractivity contribution in [1.29, 1.82) is 0 Å². The van der Waals surface area contributed by atoms with Crippen molar-refractivity contribution in [2.45, 2.75) is 6.42 Å². The molecule has 7 heteroatoms. The summed E-state index contributed by atoms with van der Waals surface area (Å²) in [6.45, 7) is 0.544. The van der Waals surface area contributed by atoms with Crippen molar-refractivity contribution < 1.29 is 18.7 Å². The first-order valence-corrected chi connectivity index (χ1v) is 10.9. The summed E-state index contributed by atoms with van der Waals surface area (Å²) in [7, 11) is 1.35. The lowest BCUT2D eigenvalue weighted by molar-refractivity contribution is -0.122. The number of esters is 1. The van der Waals surface area contributed by atoms with Gasteiger partial charge in [-0.15, -0.1) is 0 Å². The third kappa shape index (κ3) is 4.78. The van der Waals surface area contributed by atoms with Gasteiger partial charge in [0.25, 0.3) is 5.91 Å². The van der Waals surface area contributed by atoms with Crippen LogP contribution in [0, 0.1) is 0 Å². The van der Waals surface area contributed by atoms with E-state index in [1.165, 1.54) is 18.9 Å². The molecule has 1 fully saturated rings. The molecule has 0 saturated carbocycles. The molecule has 1 saturated heterocycles. The minimum atomic E-state index is -0.388. The molecule has 0 aliphatic carbocycles. The zero-order valence-electron chi connectivity index (χ0n) is 16.7. The van der Waals surface area contributed by atoms with Crippen molar-refractivity contribution in [3.8, 4) is 11.3 Å². The maximum absolute atomic E-state index is 12.8. The number of hydrogen-bond acceptors (Lipinski definition) is 6. The van der Waals surface area contributed by atoms with E-state index in [1.54, 1.807) is 41.3 Å². The van der Waals surface area contributed by atoms with Gasteiger partial charge in [0, 0.05) is 18.2 Å². The standard InChI is InChI=1S/C24H19NO4S2/c1-28-23(27)18-9-7-17(8-10-18)20-12-11-19(29-20)15-21-22(26)25(24(30)31-21)14-13-16-5-3-2-4-6-16/h2-12,15H,13-14H2,1H3. The summed E-state index contributed by atoms with van der Waals surface area (Å²) in [6.07, 6.45) is 2.46. The van der Waals surface area contributed by atoms with E-state index in [4.69, 9.17) is 21.4 Å². The van der Waals surface area contributed by atoms with Crippen LogP contribution in [0.2, 0.25) is 0 Å². The Kier molecular flexibility index (Phi) is 6.34. The molecule has 1 aromatic heterocycles. The highest BCUT2D eigenvalue weighted by molar-refractivity contribution is 8.26. The van der Waals surface area contributed by atoms with Crippen molar-refractivity contribution in [3.05, 3.63) is 88.5 Å². The lowest BCUT2D eigenvalue weighted by Gasteiger charge is -2.14.